The van der Waals surface area contributed by atoms with Gasteiger partial charge in [-0.3, -0.25) is 9.78 Å². The predicted molar refractivity (Wildman–Crippen MR) is 77.6 cm³/mol. The Morgan fingerprint density at radius 2 is 2.10 bits per heavy atom. The minimum Gasteiger partial charge on any atom is -0.481 e. The first-order chi connectivity index (χ1) is 9.38. The van der Waals surface area contributed by atoms with E-state index in [1.165, 1.54) is 6.20 Å². The van der Waals surface area contributed by atoms with Crippen molar-refractivity contribution < 1.29 is 9.90 Å². The molecule has 1 N–H and O–H groups in total. The first-order valence-electron chi connectivity index (χ1n) is 6.19. The number of aromatic nitrogens is 2. The van der Waals surface area contributed by atoms with Crippen LogP contribution in [-0.2, 0) is 11.2 Å². The SMILES string of the molecule is CC(C)(Cc1cccc(-c2cncc(Cl)n2)c1)C(=O)O. The number of hydrogen-bond acceptors (Lipinski definition) is 3. The van der Waals surface area contributed by atoms with Crippen LogP contribution < -0.4 is 0 Å². The Labute approximate surface area is 122 Å². The largest absolute Gasteiger partial charge is 0.481 e. The first-order valence-corrected chi connectivity index (χ1v) is 6.56. The van der Waals surface area contributed by atoms with E-state index in [4.69, 9.17) is 11.6 Å². The summed E-state index contributed by atoms with van der Waals surface area (Å²) in [4.78, 5) is 19.4. The molecule has 2 aromatic rings. The van der Waals surface area contributed by atoms with Crippen molar-refractivity contribution in [2.45, 2.75) is 20.3 Å². The lowest BCUT2D eigenvalue weighted by Crippen LogP contribution is -2.26. The molecule has 0 saturated carbocycles. The third kappa shape index (κ3) is 3.33. The molecule has 0 aliphatic heterocycles. The molecule has 0 bridgehead atoms. The molecule has 1 aromatic heterocycles. The van der Waals surface area contributed by atoms with Crippen LogP contribution in [0.4, 0.5) is 0 Å². The molecule has 4 nitrogen and oxygen atoms in total. The smallest absolute Gasteiger partial charge is 0.309 e. The van der Waals surface area contributed by atoms with Gasteiger partial charge in [0.25, 0.3) is 0 Å². The number of carboxylic acid groups (broad SMARTS) is 1. The fourth-order valence-electron chi connectivity index (χ4n) is 1.91. The van der Waals surface area contributed by atoms with Gasteiger partial charge in [0, 0.05) is 5.56 Å². The fraction of sp³-hybridized carbons (Fsp3) is 0.267. The third-order valence-corrected chi connectivity index (χ3v) is 3.24. The van der Waals surface area contributed by atoms with Crippen LogP contribution in [0.15, 0.2) is 36.7 Å². The van der Waals surface area contributed by atoms with Crippen molar-refractivity contribution in [3.8, 4) is 11.3 Å². The molecule has 0 spiro atoms. The van der Waals surface area contributed by atoms with Crippen LogP contribution in [0.1, 0.15) is 19.4 Å². The molecule has 2 rings (SSSR count). The van der Waals surface area contributed by atoms with E-state index < -0.39 is 11.4 Å². The van der Waals surface area contributed by atoms with E-state index in [1.54, 1.807) is 20.0 Å². The van der Waals surface area contributed by atoms with Crippen molar-refractivity contribution in [2.24, 2.45) is 5.41 Å². The number of hydrogen-bond donors (Lipinski definition) is 1. The number of nitrogens with zero attached hydrogens (tertiary/aromatic N) is 2. The molecule has 0 aliphatic carbocycles. The summed E-state index contributed by atoms with van der Waals surface area (Å²) < 4.78 is 0. The number of carboxylic acids is 1. The molecular formula is C15H15ClN2O2. The minimum absolute atomic E-state index is 0.332. The molecule has 20 heavy (non-hydrogen) atoms. The summed E-state index contributed by atoms with van der Waals surface area (Å²) in [6.45, 7) is 3.42. The van der Waals surface area contributed by atoms with Crippen molar-refractivity contribution in [3.05, 3.63) is 47.4 Å². The Balaban J connectivity index is 2.31. The van der Waals surface area contributed by atoms with Gasteiger partial charge in [-0.05, 0) is 31.9 Å². The second-order valence-electron chi connectivity index (χ2n) is 5.29. The standard InChI is InChI=1S/C15H15ClN2O2/c1-15(2,14(19)20)7-10-4-3-5-11(6-10)12-8-17-9-13(16)18-12/h3-6,8-9H,7H2,1-2H3,(H,19,20). The lowest BCUT2D eigenvalue weighted by Gasteiger charge is -2.19. The lowest BCUT2D eigenvalue weighted by atomic mass is 9.85. The van der Waals surface area contributed by atoms with Crippen molar-refractivity contribution in [2.75, 3.05) is 0 Å². The zero-order valence-electron chi connectivity index (χ0n) is 11.3. The molecular weight excluding hydrogens is 276 g/mol. The third-order valence-electron chi connectivity index (χ3n) is 3.05. The number of aliphatic carboxylic acids is 1. The average molecular weight is 291 g/mol. The summed E-state index contributed by atoms with van der Waals surface area (Å²) in [6.07, 6.45) is 3.56. The maximum atomic E-state index is 11.2. The Kier molecular flexibility index (Phi) is 4.04. The highest BCUT2D eigenvalue weighted by Crippen LogP contribution is 2.25. The van der Waals surface area contributed by atoms with Crippen LogP contribution in [0.5, 0.6) is 0 Å². The van der Waals surface area contributed by atoms with E-state index in [0.717, 1.165) is 11.1 Å². The highest BCUT2D eigenvalue weighted by molar-refractivity contribution is 6.29. The van der Waals surface area contributed by atoms with Crippen molar-refractivity contribution >= 4 is 17.6 Å². The average Bonchev–Trinajstić information content (AvgIpc) is 2.38. The Hall–Kier alpha value is -1.94. The normalized spacial score (nSPS) is 11.3. The molecule has 1 aromatic carbocycles. The monoisotopic (exact) mass is 290 g/mol. The van der Waals surface area contributed by atoms with E-state index >= 15 is 0 Å². The number of carbonyl (C=O) groups is 1. The number of halogens is 1. The van der Waals surface area contributed by atoms with Crippen LogP contribution in [0.3, 0.4) is 0 Å². The van der Waals surface area contributed by atoms with Crippen molar-refractivity contribution in [3.63, 3.8) is 0 Å². The van der Waals surface area contributed by atoms with Crippen molar-refractivity contribution in [1.82, 2.24) is 9.97 Å². The maximum absolute atomic E-state index is 11.2. The molecule has 104 valence electrons. The van der Waals surface area contributed by atoms with Gasteiger partial charge in [-0.15, -0.1) is 0 Å². The molecule has 0 unspecified atom stereocenters. The van der Waals surface area contributed by atoms with Crippen LogP contribution in [0, 0.1) is 5.41 Å². The van der Waals surface area contributed by atoms with E-state index in [-0.39, 0.29) is 0 Å². The van der Waals surface area contributed by atoms with Crippen LogP contribution in [-0.4, -0.2) is 21.0 Å². The zero-order chi connectivity index (χ0) is 14.8. The first kappa shape index (κ1) is 14.5. The van der Waals surface area contributed by atoms with Crippen molar-refractivity contribution in [1.29, 1.82) is 0 Å². The lowest BCUT2D eigenvalue weighted by molar-refractivity contribution is -0.146. The second-order valence-corrected chi connectivity index (χ2v) is 5.68. The minimum atomic E-state index is -0.814. The van der Waals surface area contributed by atoms with E-state index in [2.05, 4.69) is 9.97 Å². The van der Waals surface area contributed by atoms with E-state index in [1.807, 2.05) is 24.3 Å². The van der Waals surface area contributed by atoms with Gasteiger partial charge in [-0.2, -0.15) is 0 Å². The van der Waals surface area contributed by atoms with Gasteiger partial charge < -0.3 is 5.11 Å². The Morgan fingerprint density at radius 3 is 2.75 bits per heavy atom. The van der Waals surface area contributed by atoms with E-state index in [0.29, 0.717) is 17.3 Å². The summed E-state index contributed by atoms with van der Waals surface area (Å²) in [6, 6.07) is 7.61. The van der Waals surface area contributed by atoms with Gasteiger partial charge >= 0.3 is 5.97 Å². The highest BCUT2D eigenvalue weighted by atomic mass is 35.5. The summed E-state index contributed by atoms with van der Waals surface area (Å²) in [5.41, 5.74) is 1.68. The predicted octanol–water partition coefficient (Wildman–Crippen LogP) is 3.45. The topological polar surface area (TPSA) is 63.1 Å². The van der Waals surface area contributed by atoms with Crippen LogP contribution in [0.25, 0.3) is 11.3 Å². The summed E-state index contributed by atoms with van der Waals surface area (Å²) in [5, 5.41) is 9.52. The highest BCUT2D eigenvalue weighted by Gasteiger charge is 2.27. The van der Waals surface area contributed by atoms with Crippen LogP contribution >= 0.6 is 11.6 Å². The molecule has 0 aliphatic rings. The molecule has 0 atom stereocenters. The number of rotatable bonds is 4. The van der Waals surface area contributed by atoms with Crippen LogP contribution in [0.2, 0.25) is 5.15 Å². The van der Waals surface area contributed by atoms with Gasteiger partial charge in [0.2, 0.25) is 0 Å². The second kappa shape index (κ2) is 5.59. The van der Waals surface area contributed by atoms with Gasteiger partial charge in [0.1, 0.15) is 5.15 Å². The number of benzene rings is 1. The van der Waals surface area contributed by atoms with Gasteiger partial charge in [-0.25, -0.2) is 4.98 Å². The molecule has 0 radical (unpaired) electrons. The van der Waals surface area contributed by atoms with Gasteiger partial charge in [0.05, 0.1) is 23.5 Å². The Morgan fingerprint density at radius 1 is 1.35 bits per heavy atom. The fourth-order valence-corrected chi connectivity index (χ4v) is 2.06. The quantitative estimate of drug-likeness (QED) is 0.937. The zero-order valence-corrected chi connectivity index (χ0v) is 12.1. The molecule has 0 fully saturated rings. The molecule has 5 heteroatoms. The van der Waals surface area contributed by atoms with Gasteiger partial charge in [0.15, 0.2) is 0 Å². The molecule has 0 saturated heterocycles. The summed E-state index contributed by atoms with van der Waals surface area (Å²) in [7, 11) is 0. The van der Waals surface area contributed by atoms with Gasteiger partial charge in [-0.1, -0.05) is 29.8 Å². The summed E-state index contributed by atoms with van der Waals surface area (Å²) in [5.74, 6) is -0.814. The molecule has 0 amide bonds. The molecule has 1 heterocycles. The maximum Gasteiger partial charge on any atom is 0.309 e. The summed E-state index contributed by atoms with van der Waals surface area (Å²) >= 11 is 5.83. The Bertz CT molecular complexity index is 641. The van der Waals surface area contributed by atoms with E-state index in [9.17, 15) is 9.90 Å².